The van der Waals surface area contributed by atoms with Gasteiger partial charge in [-0.2, -0.15) is 0 Å². The standard InChI is InChI=1S/C25H19FN4O2S/c1-15(23(31)27-18-13-11-17(26)12-14-18)33-25-28-20-10-6-5-9-19(20)22-29-21(24(32)30(22)25)16-7-3-2-4-8-16/h2-15,21H,1H3,(H,27,31)/t15-,21+/m1/s1. The maximum atomic E-state index is 13.4. The van der Waals surface area contributed by atoms with E-state index in [2.05, 4.69) is 10.3 Å². The number of hydrogen-bond acceptors (Lipinski definition) is 5. The molecule has 6 nitrogen and oxygen atoms in total. The average Bonchev–Trinajstić information content (AvgIpc) is 3.19. The van der Waals surface area contributed by atoms with Crippen LogP contribution in [0.15, 0.2) is 88.8 Å². The van der Waals surface area contributed by atoms with Crippen LogP contribution in [0.4, 0.5) is 15.8 Å². The number of fused-ring (bicyclic) bond motifs is 3. The predicted molar refractivity (Wildman–Crippen MR) is 128 cm³/mol. The summed E-state index contributed by atoms with van der Waals surface area (Å²) in [5.74, 6) is -0.327. The molecule has 2 amide bonds. The lowest BCUT2D eigenvalue weighted by molar-refractivity contribution is -0.124. The second-order valence-corrected chi connectivity index (χ2v) is 8.92. The highest BCUT2D eigenvalue weighted by atomic mass is 32.2. The molecule has 3 aromatic carbocycles. The summed E-state index contributed by atoms with van der Waals surface area (Å²) in [6.07, 6.45) is 0. The molecule has 2 atom stereocenters. The third-order valence-corrected chi connectivity index (χ3v) is 6.40. The molecule has 33 heavy (non-hydrogen) atoms. The van der Waals surface area contributed by atoms with Crippen molar-refractivity contribution in [1.82, 2.24) is 4.90 Å². The Bertz CT molecular complexity index is 1290. The third kappa shape index (κ3) is 4.05. The highest BCUT2D eigenvalue weighted by Gasteiger charge is 2.42. The van der Waals surface area contributed by atoms with Crippen molar-refractivity contribution in [3.63, 3.8) is 0 Å². The van der Waals surface area contributed by atoms with Crippen LogP contribution in [-0.4, -0.2) is 33.0 Å². The largest absolute Gasteiger partial charge is 0.325 e. The Morgan fingerprint density at radius 2 is 1.73 bits per heavy atom. The molecule has 0 fully saturated rings. The van der Waals surface area contributed by atoms with E-state index in [1.807, 2.05) is 54.6 Å². The van der Waals surface area contributed by atoms with Gasteiger partial charge in [-0.15, -0.1) is 0 Å². The maximum absolute atomic E-state index is 13.4. The number of carbonyl (C=O) groups is 2. The van der Waals surface area contributed by atoms with E-state index in [9.17, 15) is 14.0 Å². The van der Waals surface area contributed by atoms with Gasteiger partial charge in [0.05, 0.1) is 10.9 Å². The van der Waals surface area contributed by atoms with Gasteiger partial charge in [0.2, 0.25) is 5.91 Å². The minimum Gasteiger partial charge on any atom is -0.325 e. The zero-order chi connectivity index (χ0) is 22.9. The number of hydrogen-bond donors (Lipinski definition) is 1. The molecule has 0 radical (unpaired) electrons. The number of carbonyl (C=O) groups excluding carboxylic acids is 2. The lowest BCUT2D eigenvalue weighted by Gasteiger charge is -2.26. The highest BCUT2D eigenvalue weighted by Crippen LogP contribution is 2.38. The summed E-state index contributed by atoms with van der Waals surface area (Å²) in [5, 5.41) is 2.60. The molecular weight excluding hydrogens is 439 g/mol. The molecule has 3 aromatic rings. The fraction of sp³-hybridized carbons (Fsp3) is 0.120. The van der Waals surface area contributed by atoms with Gasteiger partial charge in [-0.1, -0.05) is 54.2 Å². The SMILES string of the molecule is C[C@@H](SC1=Nc2ccccc2C2=N[C@@H](c3ccccc3)C(=O)N12)C(=O)Nc1ccc(F)cc1. The number of amides is 2. The number of amidine groups is 2. The normalized spacial score (nSPS) is 17.6. The van der Waals surface area contributed by atoms with E-state index in [0.717, 1.165) is 11.1 Å². The van der Waals surface area contributed by atoms with Gasteiger partial charge in [-0.3, -0.25) is 9.59 Å². The first kappa shape index (κ1) is 21.1. The fourth-order valence-corrected chi connectivity index (χ4v) is 4.59. The number of aliphatic imine (C=N–C) groups is 2. The molecule has 164 valence electrons. The number of nitrogens with one attached hydrogen (secondary N) is 1. The predicted octanol–water partition coefficient (Wildman–Crippen LogP) is 4.92. The zero-order valence-electron chi connectivity index (χ0n) is 17.6. The molecule has 0 saturated carbocycles. The van der Waals surface area contributed by atoms with E-state index >= 15 is 0 Å². The maximum Gasteiger partial charge on any atom is 0.263 e. The van der Waals surface area contributed by atoms with Crippen molar-refractivity contribution in [2.75, 3.05) is 5.32 Å². The van der Waals surface area contributed by atoms with Gasteiger partial charge in [-0.25, -0.2) is 19.3 Å². The first-order valence-corrected chi connectivity index (χ1v) is 11.3. The minimum absolute atomic E-state index is 0.205. The Kier molecular flexibility index (Phi) is 5.51. The van der Waals surface area contributed by atoms with E-state index < -0.39 is 11.3 Å². The van der Waals surface area contributed by atoms with Crippen molar-refractivity contribution in [2.24, 2.45) is 9.98 Å². The van der Waals surface area contributed by atoms with Crippen LogP contribution in [0.25, 0.3) is 0 Å². The van der Waals surface area contributed by atoms with Gasteiger partial charge in [0.15, 0.2) is 11.2 Å². The van der Waals surface area contributed by atoms with Crippen molar-refractivity contribution in [2.45, 2.75) is 18.2 Å². The monoisotopic (exact) mass is 458 g/mol. The lowest BCUT2D eigenvalue weighted by atomic mass is 10.1. The molecule has 0 aliphatic carbocycles. The number of nitrogens with zero attached hydrogens (tertiary/aromatic N) is 3. The van der Waals surface area contributed by atoms with Gasteiger partial charge in [0.1, 0.15) is 11.7 Å². The molecule has 0 saturated heterocycles. The Morgan fingerprint density at radius 1 is 1.03 bits per heavy atom. The Hall–Kier alpha value is -3.78. The van der Waals surface area contributed by atoms with Crippen molar-refractivity contribution in [3.8, 4) is 0 Å². The molecule has 2 aliphatic rings. The van der Waals surface area contributed by atoms with E-state index in [-0.39, 0.29) is 17.6 Å². The van der Waals surface area contributed by atoms with E-state index in [1.165, 1.54) is 40.9 Å². The van der Waals surface area contributed by atoms with Gasteiger partial charge in [0.25, 0.3) is 5.91 Å². The van der Waals surface area contributed by atoms with Crippen molar-refractivity contribution in [1.29, 1.82) is 0 Å². The summed E-state index contributed by atoms with van der Waals surface area (Å²) in [7, 11) is 0. The van der Waals surface area contributed by atoms with Crippen molar-refractivity contribution in [3.05, 3.63) is 95.8 Å². The first-order chi connectivity index (χ1) is 16.0. The van der Waals surface area contributed by atoms with Crippen LogP contribution in [0.1, 0.15) is 24.1 Å². The zero-order valence-corrected chi connectivity index (χ0v) is 18.4. The van der Waals surface area contributed by atoms with Crippen LogP contribution in [0.5, 0.6) is 0 Å². The van der Waals surface area contributed by atoms with Crippen LogP contribution in [0, 0.1) is 5.82 Å². The third-order valence-electron chi connectivity index (χ3n) is 5.35. The molecule has 1 N–H and O–H groups in total. The molecule has 0 bridgehead atoms. The molecule has 5 rings (SSSR count). The Morgan fingerprint density at radius 3 is 2.48 bits per heavy atom. The molecule has 2 heterocycles. The lowest BCUT2D eigenvalue weighted by Crippen LogP contribution is -2.41. The van der Waals surface area contributed by atoms with Crippen LogP contribution in [0.3, 0.4) is 0 Å². The second-order valence-electron chi connectivity index (χ2n) is 7.61. The van der Waals surface area contributed by atoms with Crippen molar-refractivity contribution >= 4 is 46.0 Å². The molecule has 8 heteroatoms. The van der Waals surface area contributed by atoms with Gasteiger partial charge >= 0.3 is 0 Å². The summed E-state index contributed by atoms with van der Waals surface area (Å²) in [6.45, 7) is 1.73. The number of rotatable bonds is 4. The molecular formula is C25H19FN4O2S. The summed E-state index contributed by atoms with van der Waals surface area (Å²) in [6, 6.07) is 21.8. The van der Waals surface area contributed by atoms with E-state index in [4.69, 9.17) is 4.99 Å². The van der Waals surface area contributed by atoms with Crippen LogP contribution in [0.2, 0.25) is 0 Å². The number of thioether (sulfide) groups is 1. The summed E-state index contributed by atoms with van der Waals surface area (Å²) >= 11 is 1.18. The highest BCUT2D eigenvalue weighted by molar-refractivity contribution is 8.15. The molecule has 0 unspecified atom stereocenters. The van der Waals surface area contributed by atoms with Crippen LogP contribution >= 0.6 is 11.8 Å². The number of para-hydroxylation sites is 1. The molecule has 0 aromatic heterocycles. The number of halogens is 1. The van der Waals surface area contributed by atoms with E-state index in [1.54, 1.807) is 6.92 Å². The first-order valence-electron chi connectivity index (χ1n) is 10.4. The summed E-state index contributed by atoms with van der Waals surface area (Å²) in [5.41, 5.74) is 2.77. The van der Waals surface area contributed by atoms with Gasteiger partial charge < -0.3 is 5.32 Å². The fourth-order valence-electron chi connectivity index (χ4n) is 3.67. The second kappa shape index (κ2) is 8.63. The van der Waals surface area contributed by atoms with Crippen molar-refractivity contribution < 1.29 is 14.0 Å². The molecule has 0 spiro atoms. The van der Waals surface area contributed by atoms with Gasteiger partial charge in [-0.05, 0) is 48.9 Å². The van der Waals surface area contributed by atoms with E-state index in [0.29, 0.717) is 22.4 Å². The smallest absolute Gasteiger partial charge is 0.263 e. The minimum atomic E-state index is -0.665. The Labute approximate surface area is 194 Å². The average molecular weight is 459 g/mol. The quantitative estimate of drug-likeness (QED) is 0.603. The van der Waals surface area contributed by atoms with Crippen LogP contribution < -0.4 is 5.32 Å². The van der Waals surface area contributed by atoms with Crippen LogP contribution in [-0.2, 0) is 9.59 Å². The topological polar surface area (TPSA) is 74.1 Å². The Balaban J connectivity index is 1.43. The summed E-state index contributed by atoms with van der Waals surface area (Å²) < 4.78 is 13.1. The molecule has 2 aliphatic heterocycles. The summed E-state index contributed by atoms with van der Waals surface area (Å²) in [4.78, 5) is 37.1. The number of benzene rings is 3. The number of anilines is 1. The van der Waals surface area contributed by atoms with Gasteiger partial charge in [0, 0.05) is 11.3 Å².